The first-order valence-electron chi connectivity index (χ1n) is 9.79. The minimum atomic E-state index is -0.395. The monoisotopic (exact) mass is 382 g/mol. The first-order chi connectivity index (χ1) is 13.5. The molecule has 2 aliphatic rings. The Labute approximate surface area is 164 Å². The van der Waals surface area contributed by atoms with Crippen molar-refractivity contribution >= 4 is 11.8 Å². The van der Waals surface area contributed by atoms with E-state index < -0.39 is 5.54 Å². The molecule has 4 rings (SSSR count). The van der Waals surface area contributed by atoms with Crippen LogP contribution in [-0.2, 0) is 16.8 Å². The summed E-state index contributed by atoms with van der Waals surface area (Å²) in [6.45, 7) is 5.10. The molecule has 0 radical (unpaired) electrons. The number of nitrogens with zero attached hydrogens (tertiary/aromatic N) is 3. The fourth-order valence-corrected chi connectivity index (χ4v) is 4.21. The Kier molecular flexibility index (Phi) is 4.89. The van der Waals surface area contributed by atoms with Crippen LogP contribution in [0.4, 0.5) is 0 Å². The average Bonchev–Trinajstić information content (AvgIpc) is 3.18. The van der Waals surface area contributed by atoms with Crippen LogP contribution in [0.25, 0.3) is 0 Å². The zero-order valence-electron chi connectivity index (χ0n) is 16.2. The fourth-order valence-electron chi connectivity index (χ4n) is 4.21. The van der Waals surface area contributed by atoms with E-state index >= 15 is 0 Å². The van der Waals surface area contributed by atoms with Gasteiger partial charge in [-0.15, -0.1) is 0 Å². The predicted octanol–water partition coefficient (Wildman–Crippen LogP) is 0.975. The molecule has 2 aliphatic heterocycles. The molecule has 8 nitrogen and oxygen atoms in total. The minimum absolute atomic E-state index is 0.00150. The number of aromatic nitrogens is 3. The minimum Gasteiger partial charge on any atom is -0.353 e. The van der Waals surface area contributed by atoms with E-state index in [1.54, 1.807) is 24.7 Å². The normalized spacial score (nSPS) is 20.8. The maximum atomic E-state index is 12.7. The fraction of sp³-hybridized carbons (Fsp3) is 0.500. The van der Waals surface area contributed by atoms with Gasteiger partial charge in [0.1, 0.15) is 5.69 Å². The Hall–Kier alpha value is -2.74. The number of carbonyl (C=O) groups is 2. The van der Waals surface area contributed by atoms with Gasteiger partial charge in [0.25, 0.3) is 5.91 Å². The van der Waals surface area contributed by atoms with Crippen LogP contribution in [0.5, 0.6) is 0 Å². The van der Waals surface area contributed by atoms with E-state index in [-0.39, 0.29) is 23.9 Å². The van der Waals surface area contributed by atoms with E-state index in [0.717, 1.165) is 11.4 Å². The van der Waals surface area contributed by atoms with Crippen LogP contribution < -0.4 is 10.6 Å². The number of hydrogen-bond donors (Lipinski definition) is 3. The standard InChI is InChI=1S/C20H26N6O2/c1-13(2)24-18(27)16-11-15-17(23-12-22-15)20(25-16)6-9-26(10-7-20)19(28)14-5-3-4-8-21-14/h3-5,8,12-13,16,25H,6-7,9-11H2,1-2H3,(H,22,23)(H,24,27)/t16-/m0/s1. The number of imidazole rings is 1. The second kappa shape index (κ2) is 7.35. The molecule has 0 unspecified atom stereocenters. The third-order valence-corrected chi connectivity index (χ3v) is 5.57. The lowest BCUT2D eigenvalue weighted by Crippen LogP contribution is -2.62. The number of hydrogen-bond acceptors (Lipinski definition) is 5. The highest BCUT2D eigenvalue weighted by Crippen LogP contribution is 2.37. The van der Waals surface area contributed by atoms with Gasteiger partial charge in [-0.2, -0.15) is 0 Å². The van der Waals surface area contributed by atoms with E-state index in [9.17, 15) is 9.59 Å². The summed E-state index contributed by atoms with van der Waals surface area (Å²) in [7, 11) is 0. The van der Waals surface area contributed by atoms with Gasteiger partial charge >= 0.3 is 0 Å². The number of fused-ring (bicyclic) bond motifs is 2. The topological polar surface area (TPSA) is 103 Å². The molecule has 1 spiro atoms. The third kappa shape index (κ3) is 3.40. The van der Waals surface area contributed by atoms with Crippen molar-refractivity contribution in [1.82, 2.24) is 30.5 Å². The maximum Gasteiger partial charge on any atom is 0.272 e. The smallest absolute Gasteiger partial charge is 0.272 e. The second-order valence-corrected chi connectivity index (χ2v) is 7.88. The molecule has 8 heteroatoms. The number of aromatic amines is 1. The molecule has 4 heterocycles. The van der Waals surface area contributed by atoms with Crippen molar-refractivity contribution in [3.8, 4) is 0 Å². The van der Waals surface area contributed by atoms with Gasteiger partial charge in [-0.05, 0) is 38.8 Å². The van der Waals surface area contributed by atoms with Gasteiger partial charge in [0.2, 0.25) is 5.91 Å². The molecule has 2 aromatic heterocycles. The zero-order chi connectivity index (χ0) is 19.7. The highest BCUT2D eigenvalue weighted by Gasteiger charge is 2.46. The molecule has 1 atom stereocenters. The van der Waals surface area contributed by atoms with Crippen LogP contribution >= 0.6 is 0 Å². The first-order valence-corrected chi connectivity index (χ1v) is 9.79. The lowest BCUT2D eigenvalue weighted by atomic mass is 9.78. The molecule has 148 valence electrons. The number of carbonyl (C=O) groups excluding carboxylic acids is 2. The predicted molar refractivity (Wildman–Crippen MR) is 104 cm³/mol. The van der Waals surface area contributed by atoms with E-state index in [0.29, 0.717) is 38.0 Å². The summed E-state index contributed by atoms with van der Waals surface area (Å²) in [5, 5.41) is 6.56. The molecule has 0 bridgehead atoms. The Bertz CT molecular complexity index is 855. The summed E-state index contributed by atoms with van der Waals surface area (Å²) >= 11 is 0. The van der Waals surface area contributed by atoms with Crippen molar-refractivity contribution in [2.75, 3.05) is 13.1 Å². The number of pyridine rings is 1. The van der Waals surface area contributed by atoms with Gasteiger partial charge in [0.15, 0.2) is 0 Å². The number of rotatable bonds is 3. The van der Waals surface area contributed by atoms with E-state index in [2.05, 4.69) is 25.6 Å². The van der Waals surface area contributed by atoms with Gasteiger partial charge < -0.3 is 15.2 Å². The van der Waals surface area contributed by atoms with Crippen LogP contribution in [0.15, 0.2) is 30.7 Å². The highest BCUT2D eigenvalue weighted by atomic mass is 16.2. The van der Waals surface area contributed by atoms with Crippen molar-refractivity contribution in [2.24, 2.45) is 0 Å². The Morgan fingerprint density at radius 1 is 1.25 bits per heavy atom. The third-order valence-electron chi connectivity index (χ3n) is 5.57. The molecule has 0 aromatic carbocycles. The number of nitrogens with one attached hydrogen (secondary N) is 3. The average molecular weight is 382 g/mol. The molecular formula is C20H26N6O2. The van der Waals surface area contributed by atoms with E-state index in [1.165, 1.54) is 0 Å². The Balaban J connectivity index is 1.52. The van der Waals surface area contributed by atoms with Gasteiger partial charge in [-0.3, -0.25) is 19.9 Å². The molecule has 0 aliphatic carbocycles. The molecule has 2 amide bonds. The first kappa shape index (κ1) is 18.6. The summed E-state index contributed by atoms with van der Waals surface area (Å²) in [6.07, 6.45) is 5.33. The molecule has 28 heavy (non-hydrogen) atoms. The summed E-state index contributed by atoms with van der Waals surface area (Å²) in [6, 6.07) is 5.14. The van der Waals surface area contributed by atoms with Gasteiger partial charge in [-0.25, -0.2) is 4.98 Å². The molecule has 2 aromatic rings. The van der Waals surface area contributed by atoms with Crippen LogP contribution in [0.1, 0.15) is 48.6 Å². The van der Waals surface area contributed by atoms with Crippen molar-refractivity contribution in [2.45, 2.75) is 50.7 Å². The number of amides is 2. The zero-order valence-corrected chi connectivity index (χ0v) is 16.2. The summed E-state index contributed by atoms with van der Waals surface area (Å²) in [5.74, 6) is -0.0516. The molecule has 1 saturated heterocycles. The molecular weight excluding hydrogens is 356 g/mol. The summed E-state index contributed by atoms with van der Waals surface area (Å²) in [4.78, 5) is 39.1. The largest absolute Gasteiger partial charge is 0.353 e. The van der Waals surface area contributed by atoms with Crippen molar-refractivity contribution in [1.29, 1.82) is 0 Å². The van der Waals surface area contributed by atoms with Crippen LogP contribution in [0.2, 0.25) is 0 Å². The van der Waals surface area contributed by atoms with Crippen molar-refractivity contribution < 1.29 is 9.59 Å². The summed E-state index contributed by atoms with van der Waals surface area (Å²) in [5.41, 5.74) is 2.05. The second-order valence-electron chi connectivity index (χ2n) is 7.88. The lowest BCUT2D eigenvalue weighted by Gasteiger charge is -2.46. The van der Waals surface area contributed by atoms with Gasteiger partial charge in [0, 0.05) is 37.4 Å². The van der Waals surface area contributed by atoms with Crippen molar-refractivity contribution in [3.05, 3.63) is 47.8 Å². The van der Waals surface area contributed by atoms with Crippen LogP contribution in [-0.4, -0.2) is 56.8 Å². The highest BCUT2D eigenvalue weighted by molar-refractivity contribution is 5.92. The Morgan fingerprint density at radius 2 is 2.04 bits per heavy atom. The molecule has 3 N–H and O–H groups in total. The number of piperidine rings is 1. The Morgan fingerprint density at radius 3 is 2.71 bits per heavy atom. The van der Waals surface area contributed by atoms with Crippen LogP contribution in [0.3, 0.4) is 0 Å². The van der Waals surface area contributed by atoms with Crippen molar-refractivity contribution in [3.63, 3.8) is 0 Å². The molecule has 1 fully saturated rings. The number of likely N-dealkylation sites (tertiary alicyclic amines) is 1. The quantitative estimate of drug-likeness (QED) is 0.734. The van der Waals surface area contributed by atoms with Gasteiger partial charge in [0.05, 0.1) is 23.6 Å². The van der Waals surface area contributed by atoms with Crippen LogP contribution in [0, 0.1) is 0 Å². The summed E-state index contributed by atoms with van der Waals surface area (Å²) < 4.78 is 0. The lowest BCUT2D eigenvalue weighted by molar-refractivity contribution is -0.124. The van der Waals surface area contributed by atoms with E-state index in [4.69, 9.17) is 0 Å². The maximum absolute atomic E-state index is 12.7. The number of H-pyrrole nitrogens is 1. The SMILES string of the molecule is CC(C)NC(=O)[C@@H]1Cc2[nH]cnc2C2(CCN(C(=O)c3ccccn3)CC2)N1. The van der Waals surface area contributed by atoms with Gasteiger partial charge in [-0.1, -0.05) is 6.07 Å². The van der Waals surface area contributed by atoms with E-state index in [1.807, 2.05) is 24.8 Å². The molecule has 0 saturated carbocycles.